The summed E-state index contributed by atoms with van der Waals surface area (Å²) >= 11 is 3.48. The van der Waals surface area contributed by atoms with E-state index >= 15 is 0 Å². The number of aromatic amines is 1. The molecule has 2 aromatic carbocycles. The van der Waals surface area contributed by atoms with Gasteiger partial charge in [-0.05, 0) is 48.2 Å². The number of H-pyrrole nitrogens is 1. The predicted molar refractivity (Wildman–Crippen MR) is 125 cm³/mol. The molecule has 1 heterocycles. The summed E-state index contributed by atoms with van der Waals surface area (Å²) in [5.41, 5.74) is 5.35. The van der Waals surface area contributed by atoms with Gasteiger partial charge < -0.3 is 4.98 Å². The molecule has 0 spiro atoms. The molecule has 0 aliphatic heterocycles. The van der Waals surface area contributed by atoms with Crippen LogP contribution in [0, 0.1) is 0 Å². The summed E-state index contributed by atoms with van der Waals surface area (Å²) < 4.78 is 28.3. The fraction of sp³-hybridized carbons (Fsp3) is 0.318. The Kier molecular flexibility index (Phi) is 8.25. The average Bonchev–Trinajstić information content (AvgIpc) is 3.16. The molecule has 3 aromatic rings. The summed E-state index contributed by atoms with van der Waals surface area (Å²) in [4.78, 5) is 14.3. The number of benzene rings is 2. The molecule has 4 N–H and O–H groups in total. The monoisotopic (exact) mass is 507 g/mol. The maximum atomic E-state index is 12.3. The summed E-state index contributed by atoms with van der Waals surface area (Å²) in [5, 5.41) is 9.53. The normalized spacial score (nSPS) is 11.7. The lowest BCUT2D eigenvalue weighted by molar-refractivity contribution is -0.129. The minimum absolute atomic E-state index is 0.0659. The molecule has 0 saturated heterocycles. The molecule has 0 saturated carbocycles. The first-order valence-corrected chi connectivity index (χ1v) is 12.6. The number of nitrogens with one attached hydrogen (secondary N) is 3. The minimum Gasteiger partial charge on any atom is -0.355 e. The van der Waals surface area contributed by atoms with Crippen LogP contribution in [0.25, 0.3) is 22.2 Å². The van der Waals surface area contributed by atoms with E-state index in [4.69, 9.17) is 5.21 Å². The van der Waals surface area contributed by atoms with Gasteiger partial charge in [0.15, 0.2) is 0 Å². The molecule has 166 valence electrons. The molecule has 3 rings (SSSR count). The van der Waals surface area contributed by atoms with Gasteiger partial charge in [-0.15, -0.1) is 0 Å². The number of hydrogen-bond donors (Lipinski definition) is 4. The zero-order valence-electron chi connectivity index (χ0n) is 17.0. The molecule has 7 nitrogen and oxygen atoms in total. The molecule has 1 aromatic heterocycles. The van der Waals surface area contributed by atoms with Crippen molar-refractivity contribution in [1.29, 1.82) is 0 Å². The van der Waals surface area contributed by atoms with Gasteiger partial charge in [-0.2, -0.15) is 0 Å². The lowest BCUT2D eigenvalue weighted by atomic mass is 10.1. The maximum Gasteiger partial charge on any atom is 0.243 e. The third-order valence-electron chi connectivity index (χ3n) is 4.98. The van der Waals surface area contributed by atoms with E-state index in [1.807, 2.05) is 42.5 Å². The summed E-state index contributed by atoms with van der Waals surface area (Å²) in [6.07, 6.45) is 3.27. The number of hydrogen-bond acceptors (Lipinski definition) is 4. The van der Waals surface area contributed by atoms with Crippen molar-refractivity contribution < 1.29 is 18.4 Å². The fourth-order valence-electron chi connectivity index (χ4n) is 3.36. The lowest BCUT2D eigenvalue weighted by Crippen LogP contribution is -2.26. The number of halogens is 1. The van der Waals surface area contributed by atoms with Crippen LogP contribution in [0.15, 0.2) is 53.0 Å². The van der Waals surface area contributed by atoms with Gasteiger partial charge >= 0.3 is 0 Å². The van der Waals surface area contributed by atoms with Crippen molar-refractivity contribution in [1.82, 2.24) is 15.2 Å². The number of hydroxylamine groups is 1. The van der Waals surface area contributed by atoms with Gasteiger partial charge in [0, 0.05) is 34.0 Å². The van der Waals surface area contributed by atoms with Gasteiger partial charge in [0.25, 0.3) is 0 Å². The van der Waals surface area contributed by atoms with E-state index in [9.17, 15) is 13.2 Å². The van der Waals surface area contributed by atoms with Crippen LogP contribution < -0.4 is 10.2 Å². The van der Waals surface area contributed by atoms with E-state index < -0.39 is 15.9 Å². The fourth-order valence-corrected chi connectivity index (χ4v) is 4.93. The van der Waals surface area contributed by atoms with Crippen LogP contribution in [0.5, 0.6) is 0 Å². The van der Waals surface area contributed by atoms with Crippen LogP contribution in [-0.2, 0) is 20.6 Å². The molecule has 31 heavy (non-hydrogen) atoms. The van der Waals surface area contributed by atoms with Gasteiger partial charge in [-0.1, -0.05) is 53.0 Å². The zero-order valence-corrected chi connectivity index (χ0v) is 19.4. The van der Waals surface area contributed by atoms with Crippen molar-refractivity contribution in [2.45, 2.75) is 37.9 Å². The van der Waals surface area contributed by atoms with Gasteiger partial charge in [-0.3, -0.25) is 10.0 Å². The van der Waals surface area contributed by atoms with E-state index in [2.05, 4.69) is 31.7 Å². The highest BCUT2D eigenvalue weighted by Crippen LogP contribution is 2.26. The van der Waals surface area contributed by atoms with Gasteiger partial charge in [-0.25, -0.2) is 18.6 Å². The van der Waals surface area contributed by atoms with Crippen molar-refractivity contribution in [3.8, 4) is 11.3 Å². The molecule has 0 radical (unpaired) electrons. The Morgan fingerprint density at radius 3 is 2.48 bits per heavy atom. The second kappa shape index (κ2) is 10.9. The quantitative estimate of drug-likeness (QED) is 0.174. The Labute approximate surface area is 190 Å². The first-order valence-electron chi connectivity index (χ1n) is 10.1. The molecule has 0 unspecified atom stereocenters. The molecule has 0 fully saturated rings. The van der Waals surface area contributed by atoms with Crippen LogP contribution in [0.1, 0.15) is 37.7 Å². The summed E-state index contributed by atoms with van der Waals surface area (Å²) in [6, 6.07) is 15.6. The van der Waals surface area contributed by atoms with E-state index in [-0.39, 0.29) is 12.2 Å². The Bertz CT molecular complexity index is 1130. The van der Waals surface area contributed by atoms with Gasteiger partial charge in [0.2, 0.25) is 15.9 Å². The zero-order chi connectivity index (χ0) is 22.3. The Morgan fingerprint density at radius 1 is 1.00 bits per heavy atom. The number of unbranched alkanes of at least 4 members (excludes halogenated alkanes) is 3. The topological polar surface area (TPSA) is 111 Å². The molecule has 1 amide bonds. The number of carbonyl (C=O) groups is 1. The smallest absolute Gasteiger partial charge is 0.243 e. The van der Waals surface area contributed by atoms with E-state index in [1.54, 1.807) is 5.48 Å². The van der Waals surface area contributed by atoms with Crippen LogP contribution in [0.2, 0.25) is 0 Å². The van der Waals surface area contributed by atoms with Crippen LogP contribution in [-0.4, -0.2) is 31.1 Å². The molecule has 0 bridgehead atoms. The Balaban J connectivity index is 1.47. The van der Waals surface area contributed by atoms with Crippen molar-refractivity contribution in [3.05, 3.63) is 58.6 Å². The number of sulfonamides is 1. The van der Waals surface area contributed by atoms with Crippen LogP contribution in [0.4, 0.5) is 0 Å². The van der Waals surface area contributed by atoms with E-state index in [0.717, 1.165) is 45.0 Å². The molecule has 0 atom stereocenters. The number of rotatable bonds is 11. The summed E-state index contributed by atoms with van der Waals surface area (Å²) in [6.45, 7) is 0.372. The average molecular weight is 508 g/mol. The highest BCUT2D eigenvalue weighted by molar-refractivity contribution is 9.10. The second-order valence-electron chi connectivity index (χ2n) is 7.46. The Morgan fingerprint density at radius 2 is 1.74 bits per heavy atom. The van der Waals surface area contributed by atoms with Crippen molar-refractivity contribution in [2.75, 3.05) is 6.54 Å². The van der Waals surface area contributed by atoms with E-state index in [0.29, 0.717) is 19.4 Å². The highest BCUT2D eigenvalue weighted by atomic mass is 79.9. The standard InChI is InChI=1S/C22H26BrN3O4S/c23-19-10-11-20-18(13-19)14-21(25-20)17-8-6-16(7-9-17)15-31(29,30)24-12-4-2-1-3-5-22(27)26-28/h6-11,13-14,24-25,28H,1-5,12,15H2,(H,26,27). The molecular formula is C22H26BrN3O4S. The highest BCUT2D eigenvalue weighted by Gasteiger charge is 2.11. The molecular weight excluding hydrogens is 482 g/mol. The first-order chi connectivity index (χ1) is 14.9. The summed E-state index contributed by atoms with van der Waals surface area (Å²) in [7, 11) is -3.41. The second-order valence-corrected chi connectivity index (χ2v) is 10.2. The minimum atomic E-state index is -3.41. The van der Waals surface area contributed by atoms with Crippen LogP contribution >= 0.6 is 15.9 Å². The number of amides is 1. The Hall–Kier alpha value is -2.20. The van der Waals surface area contributed by atoms with Crippen molar-refractivity contribution >= 4 is 42.8 Å². The molecule has 0 aliphatic rings. The molecule has 9 heteroatoms. The summed E-state index contributed by atoms with van der Waals surface area (Å²) in [5.74, 6) is -0.465. The number of fused-ring (bicyclic) bond motifs is 1. The van der Waals surface area contributed by atoms with Gasteiger partial charge in [0.05, 0.1) is 5.75 Å². The molecule has 0 aliphatic carbocycles. The lowest BCUT2D eigenvalue weighted by Gasteiger charge is -2.07. The largest absolute Gasteiger partial charge is 0.355 e. The van der Waals surface area contributed by atoms with Crippen LogP contribution in [0.3, 0.4) is 0 Å². The predicted octanol–water partition coefficient (Wildman–Crippen LogP) is 4.47. The van der Waals surface area contributed by atoms with E-state index in [1.165, 1.54) is 0 Å². The van der Waals surface area contributed by atoms with Crippen molar-refractivity contribution in [2.24, 2.45) is 0 Å². The number of carbonyl (C=O) groups excluding carboxylic acids is 1. The van der Waals surface area contributed by atoms with Crippen molar-refractivity contribution in [3.63, 3.8) is 0 Å². The third-order valence-corrected chi connectivity index (χ3v) is 6.83. The third kappa shape index (κ3) is 7.17. The maximum absolute atomic E-state index is 12.3. The first kappa shape index (κ1) is 23.5. The number of aromatic nitrogens is 1. The SMILES string of the molecule is O=C(CCCCCCNS(=O)(=O)Cc1ccc(-c2cc3cc(Br)ccc3[nH]2)cc1)NO. The van der Waals surface area contributed by atoms with Gasteiger partial charge in [0.1, 0.15) is 0 Å².